The Morgan fingerprint density at radius 1 is 0.479 bits per heavy atom. The maximum Gasteiger partial charge on any atom is 0.496 e. The van der Waals surface area contributed by atoms with E-state index >= 15 is 0 Å². The van der Waals surface area contributed by atoms with Crippen LogP contribution >= 0.6 is 15.9 Å². The highest BCUT2D eigenvalue weighted by Gasteiger charge is 2.63. The molecule has 0 aliphatic carbocycles. The number of hydrogen-bond acceptors (Lipinski definition) is 8. The van der Waals surface area contributed by atoms with Crippen molar-refractivity contribution in [3.63, 3.8) is 0 Å². The minimum absolute atomic E-state index is 0.0640. The Kier molecular flexibility index (Phi) is 11.7. The van der Waals surface area contributed by atoms with E-state index in [0.29, 0.717) is 0 Å². The van der Waals surface area contributed by atoms with E-state index in [9.17, 15) is 0 Å². The summed E-state index contributed by atoms with van der Waals surface area (Å²) in [5.74, 6) is 0. The van der Waals surface area contributed by atoms with Crippen LogP contribution in [0.3, 0.4) is 0 Å². The first kappa shape index (κ1) is 41.2. The maximum atomic E-state index is 6.01. The summed E-state index contributed by atoms with van der Waals surface area (Å²) in [6, 6.07) is 8.17. The highest BCUT2D eigenvalue weighted by Crippen LogP contribution is 2.43. The Balaban J connectivity index is 0.000000203. The van der Waals surface area contributed by atoms with Gasteiger partial charge >= 0.3 is 21.1 Å². The molecule has 0 radical (unpaired) electrons. The molecule has 0 amide bonds. The Hall–Kier alpha value is -1.27. The summed E-state index contributed by atoms with van der Waals surface area (Å²) in [6.07, 6.45) is 3.70. The summed E-state index contributed by atoms with van der Waals surface area (Å²) in [5.41, 5.74) is 1.35. The van der Waals surface area contributed by atoms with Crippen molar-refractivity contribution in [3.05, 3.63) is 52.5 Å². The third kappa shape index (κ3) is 9.34. The van der Waals surface area contributed by atoms with Gasteiger partial charge in [0.15, 0.2) is 0 Å². The lowest BCUT2D eigenvalue weighted by molar-refractivity contribution is 0.00578. The minimum atomic E-state index is -0.476. The molecule has 8 nitrogen and oxygen atoms in total. The summed E-state index contributed by atoms with van der Waals surface area (Å²) in [7, 11) is -1.28. The molecule has 266 valence electrons. The number of aromatic nitrogens is 2. The Morgan fingerprint density at radius 2 is 0.792 bits per heavy atom. The van der Waals surface area contributed by atoms with Gasteiger partial charge in [0.05, 0.1) is 33.6 Å². The van der Waals surface area contributed by atoms with Gasteiger partial charge in [-0.05, 0) is 117 Å². The van der Waals surface area contributed by atoms with E-state index < -0.39 is 14.0 Å². The van der Waals surface area contributed by atoms with E-state index in [1.54, 1.807) is 0 Å². The molecule has 2 aromatic rings. The normalized spacial score (nSPS) is 23.3. The molecule has 3 fully saturated rings. The van der Waals surface area contributed by atoms with Crippen LogP contribution in [0.1, 0.15) is 136 Å². The molecular weight excluding hydrogens is 673 g/mol. The van der Waals surface area contributed by atoms with Crippen molar-refractivity contribution in [3.8, 4) is 0 Å². The predicted molar refractivity (Wildman–Crippen MR) is 201 cm³/mol. The van der Waals surface area contributed by atoms with Crippen LogP contribution in [0.4, 0.5) is 0 Å². The largest absolute Gasteiger partial charge is 0.496 e. The average molecular weight is 733 g/mol. The van der Waals surface area contributed by atoms with Gasteiger partial charge in [0.2, 0.25) is 0 Å². The minimum Gasteiger partial charge on any atom is -0.405 e. The van der Waals surface area contributed by atoms with Gasteiger partial charge in [-0.1, -0.05) is 47.6 Å². The number of pyridine rings is 2. The van der Waals surface area contributed by atoms with Crippen LogP contribution in [0.15, 0.2) is 41.1 Å². The summed E-state index contributed by atoms with van der Waals surface area (Å²) in [4.78, 5) is 8.83. The van der Waals surface area contributed by atoms with Gasteiger partial charge in [-0.15, -0.1) is 0 Å². The molecular formula is C36H60B3BrN2O6. The van der Waals surface area contributed by atoms with Gasteiger partial charge in [0.25, 0.3) is 0 Å². The van der Waals surface area contributed by atoms with Gasteiger partial charge in [-0.25, -0.2) is 0 Å². The molecule has 3 aliphatic rings. The zero-order chi connectivity index (χ0) is 36.9. The first-order chi connectivity index (χ1) is 21.4. The van der Waals surface area contributed by atoms with E-state index in [4.69, 9.17) is 27.9 Å². The van der Waals surface area contributed by atoms with Gasteiger partial charge < -0.3 is 27.9 Å². The molecule has 12 heteroatoms. The van der Waals surface area contributed by atoms with Gasteiger partial charge in [-0.3, -0.25) is 9.97 Å². The SMILES string of the molecule is CC1(C)OB(B2OC(C)(C)C(C)(C)O2)OC1(C)C.CC1(C)OB(c2ccc([14C](C)(C)C)nc2)OC1(C)C.C[14C](C)(C)c1ccc(Br)cn1. The molecule has 3 aliphatic heterocycles. The van der Waals surface area contributed by atoms with Crippen LogP contribution in [0.25, 0.3) is 0 Å². The fourth-order valence-corrected chi connectivity index (χ4v) is 5.02. The summed E-state index contributed by atoms with van der Waals surface area (Å²) >= 11 is 3.35. The first-order valence-corrected chi connectivity index (χ1v) is 17.9. The van der Waals surface area contributed by atoms with Crippen molar-refractivity contribution in [1.82, 2.24) is 9.97 Å². The molecule has 3 saturated heterocycles. The molecule has 0 aromatic carbocycles. The van der Waals surface area contributed by atoms with Crippen molar-refractivity contribution >= 4 is 42.5 Å². The van der Waals surface area contributed by atoms with E-state index in [-0.39, 0.29) is 51.6 Å². The number of halogens is 1. The molecule has 0 spiro atoms. The van der Waals surface area contributed by atoms with Crippen molar-refractivity contribution in [1.29, 1.82) is 0 Å². The molecule has 0 saturated carbocycles. The fraction of sp³-hybridized carbons (Fsp3) is 0.722. The number of hydrogen-bond donors (Lipinski definition) is 0. The zero-order valence-corrected chi connectivity index (χ0v) is 34.5. The Morgan fingerprint density at radius 3 is 1.06 bits per heavy atom. The summed E-state index contributed by atoms with van der Waals surface area (Å²) < 4.78 is 36.9. The lowest BCUT2D eigenvalue weighted by Gasteiger charge is -2.32. The van der Waals surface area contributed by atoms with E-state index in [1.165, 1.54) is 0 Å². The van der Waals surface area contributed by atoms with Crippen molar-refractivity contribution in [2.24, 2.45) is 0 Å². The quantitative estimate of drug-likeness (QED) is 0.287. The second kappa shape index (κ2) is 13.7. The third-order valence-corrected chi connectivity index (χ3v) is 10.8. The van der Waals surface area contributed by atoms with Crippen LogP contribution in [-0.4, -0.2) is 64.7 Å². The lowest BCUT2D eigenvalue weighted by Crippen LogP contribution is -2.41. The predicted octanol–water partition coefficient (Wildman–Crippen LogP) is 8.07. The molecule has 0 bridgehead atoms. The highest BCUT2D eigenvalue weighted by atomic mass is 79.9. The van der Waals surface area contributed by atoms with Crippen LogP contribution in [0.5, 0.6) is 0 Å². The van der Waals surface area contributed by atoms with Crippen LogP contribution < -0.4 is 5.46 Å². The average Bonchev–Trinajstić information content (AvgIpc) is 3.37. The van der Waals surface area contributed by atoms with Crippen molar-refractivity contribution in [2.75, 3.05) is 0 Å². The molecule has 0 unspecified atom stereocenters. The van der Waals surface area contributed by atoms with Gasteiger partial charge in [0.1, 0.15) is 0 Å². The molecule has 2 aromatic heterocycles. The van der Waals surface area contributed by atoms with E-state index in [1.807, 2.05) is 79.9 Å². The van der Waals surface area contributed by atoms with Crippen LogP contribution in [-0.2, 0) is 38.8 Å². The lowest BCUT2D eigenvalue weighted by atomic mass is 9.49. The van der Waals surface area contributed by atoms with Gasteiger partial charge in [0, 0.05) is 44.5 Å². The van der Waals surface area contributed by atoms with Gasteiger partial charge in [-0.2, -0.15) is 0 Å². The molecule has 48 heavy (non-hydrogen) atoms. The number of rotatable bonds is 2. The molecule has 5 heterocycles. The molecule has 5 rings (SSSR count). The second-order valence-corrected chi connectivity index (χ2v) is 19.1. The third-order valence-electron chi connectivity index (χ3n) is 10.3. The highest BCUT2D eigenvalue weighted by molar-refractivity contribution is 9.10. The standard InChI is InChI=1S/C15H24BNO2.C12H24B2O4.C9H12BrN/c1-13(2,3)12-9-8-11(10-17-12)16-18-14(4,5)15(6,7)19-16;1-9(2)10(3,4)16-13(15-9)14-17-11(5,6)12(7,8)18-14;1-9(2,3)8-5-4-7(10)6-11-8/h8-10H,1-7H3;1-8H3;4-6H,1-3H3/i13+2;;9+2. The van der Waals surface area contributed by atoms with Crippen LogP contribution in [0.2, 0.25) is 0 Å². The fourth-order valence-electron chi connectivity index (χ4n) is 4.79. The Bertz CT molecular complexity index is 1300. The monoisotopic (exact) mass is 732 g/mol. The second-order valence-electron chi connectivity index (χ2n) is 18.2. The van der Waals surface area contributed by atoms with E-state index in [0.717, 1.165) is 21.3 Å². The van der Waals surface area contributed by atoms with Crippen molar-refractivity contribution in [2.45, 2.75) is 169 Å². The summed E-state index contributed by atoms with van der Waals surface area (Å²) in [5, 5.41) is 0. The first-order valence-electron chi connectivity index (χ1n) is 17.1. The number of nitrogens with zero attached hydrogens (tertiary/aromatic N) is 2. The topological polar surface area (TPSA) is 81.2 Å². The smallest absolute Gasteiger partial charge is 0.405 e. The van der Waals surface area contributed by atoms with Crippen LogP contribution in [0, 0.1) is 0 Å². The van der Waals surface area contributed by atoms with E-state index in [2.05, 4.69) is 107 Å². The maximum absolute atomic E-state index is 6.01. The Labute approximate surface area is 301 Å². The summed E-state index contributed by atoms with van der Waals surface area (Å²) in [6.45, 7) is 37.4. The molecule has 0 N–H and O–H groups in total. The zero-order valence-electron chi connectivity index (χ0n) is 32.9. The molecule has 0 atom stereocenters. The van der Waals surface area contributed by atoms with Crippen molar-refractivity contribution < 1.29 is 27.9 Å².